The van der Waals surface area contributed by atoms with Gasteiger partial charge in [0.1, 0.15) is 5.76 Å². The van der Waals surface area contributed by atoms with E-state index < -0.39 is 0 Å². The third kappa shape index (κ3) is 3.80. The topological polar surface area (TPSA) is 45.8 Å². The number of amides is 1. The van der Waals surface area contributed by atoms with Crippen molar-refractivity contribution in [1.29, 1.82) is 0 Å². The van der Waals surface area contributed by atoms with Crippen molar-refractivity contribution in [3.8, 4) is 0 Å². The van der Waals surface area contributed by atoms with Gasteiger partial charge in [0, 0.05) is 0 Å². The van der Waals surface area contributed by atoms with Crippen molar-refractivity contribution in [3.05, 3.63) is 120 Å². The Morgan fingerprint density at radius 2 is 1.50 bits per heavy atom. The van der Waals surface area contributed by atoms with Crippen LogP contribution in [0.4, 0.5) is 5.69 Å². The number of furan rings is 1. The average Bonchev–Trinajstić information content (AvgIpc) is 3.49. The molecule has 0 atom stereocenters. The van der Waals surface area contributed by atoms with E-state index in [1.807, 2.05) is 72.8 Å². The number of benzene rings is 4. The number of fused-ring (bicyclic) bond motifs is 2. The Bertz CT molecular complexity index is 1520. The Morgan fingerprint density at radius 1 is 0.824 bits per heavy atom. The Balaban J connectivity index is 1.50. The molecule has 1 fully saturated rings. The van der Waals surface area contributed by atoms with E-state index in [1.54, 1.807) is 11.2 Å². The molecular formula is C29H20N2O2S. The molecule has 1 aliphatic heterocycles. The fourth-order valence-corrected chi connectivity index (χ4v) is 5.22. The van der Waals surface area contributed by atoms with Gasteiger partial charge < -0.3 is 4.42 Å². The fourth-order valence-electron chi connectivity index (χ4n) is 4.24. The summed E-state index contributed by atoms with van der Waals surface area (Å²) in [6.07, 6.45) is 3.64. The third-order valence-corrected chi connectivity index (χ3v) is 6.86. The number of hydrogen-bond donors (Lipinski definition) is 0. The Hall–Kier alpha value is -4.09. The van der Waals surface area contributed by atoms with E-state index in [0.29, 0.717) is 22.4 Å². The standard InChI is InChI=1S/C29H20N2O2S/c32-28-27(18-26-24-14-6-4-9-20(24)17-21-10-5-7-15-25(21)26)34-29(30-22-11-2-1-3-12-22)31(28)19-23-13-8-16-33-23/h1-18H,19H2/b27-18-,30-29?. The maximum atomic E-state index is 13.6. The van der Waals surface area contributed by atoms with Crippen LogP contribution in [-0.2, 0) is 11.3 Å². The quantitative estimate of drug-likeness (QED) is 0.207. The lowest BCUT2D eigenvalue weighted by molar-refractivity contribution is -0.122. The number of amidine groups is 1. The molecule has 164 valence electrons. The van der Waals surface area contributed by atoms with Crippen LogP contribution in [0.1, 0.15) is 11.3 Å². The summed E-state index contributed by atoms with van der Waals surface area (Å²) in [4.78, 5) is 20.7. The third-order valence-electron chi connectivity index (χ3n) is 5.85. The largest absolute Gasteiger partial charge is 0.467 e. The first kappa shape index (κ1) is 20.5. The van der Waals surface area contributed by atoms with Gasteiger partial charge in [-0.2, -0.15) is 0 Å². The lowest BCUT2D eigenvalue weighted by Gasteiger charge is -2.14. The van der Waals surface area contributed by atoms with Crippen molar-refractivity contribution >= 4 is 56.1 Å². The second-order valence-electron chi connectivity index (χ2n) is 8.04. The SMILES string of the molecule is O=C1/C(=C/c2c3ccccc3cc3ccccc23)SC(=Nc2ccccc2)N1Cc1ccco1. The van der Waals surface area contributed by atoms with Crippen LogP contribution < -0.4 is 0 Å². The molecule has 0 spiro atoms. The fraction of sp³-hybridized carbons (Fsp3) is 0.0345. The Morgan fingerprint density at radius 3 is 2.18 bits per heavy atom. The minimum absolute atomic E-state index is 0.0758. The van der Waals surface area contributed by atoms with Crippen molar-refractivity contribution in [3.63, 3.8) is 0 Å². The molecule has 34 heavy (non-hydrogen) atoms. The zero-order chi connectivity index (χ0) is 22.9. The van der Waals surface area contributed by atoms with Crippen molar-refractivity contribution in [2.75, 3.05) is 0 Å². The van der Waals surface area contributed by atoms with E-state index in [4.69, 9.17) is 9.41 Å². The number of hydrogen-bond acceptors (Lipinski definition) is 4. The molecule has 0 N–H and O–H groups in total. The summed E-state index contributed by atoms with van der Waals surface area (Å²) in [6.45, 7) is 0.331. The minimum atomic E-state index is -0.0758. The molecule has 0 radical (unpaired) electrons. The molecule has 2 heterocycles. The summed E-state index contributed by atoms with van der Waals surface area (Å²) in [6, 6.07) is 32.2. The number of aliphatic imine (C=N–C) groups is 1. The maximum absolute atomic E-state index is 13.6. The molecule has 1 aliphatic rings. The van der Waals surface area contributed by atoms with E-state index in [1.165, 1.54) is 11.8 Å². The molecule has 4 aromatic carbocycles. The van der Waals surface area contributed by atoms with Crippen LogP contribution in [0, 0.1) is 0 Å². The van der Waals surface area contributed by atoms with Crippen LogP contribution in [0.2, 0.25) is 0 Å². The summed E-state index contributed by atoms with van der Waals surface area (Å²) >= 11 is 1.40. The molecule has 1 amide bonds. The number of thioether (sulfide) groups is 1. The first-order valence-electron chi connectivity index (χ1n) is 11.0. The predicted octanol–water partition coefficient (Wildman–Crippen LogP) is 7.39. The lowest BCUT2D eigenvalue weighted by Crippen LogP contribution is -2.28. The smallest absolute Gasteiger partial charge is 0.267 e. The van der Waals surface area contributed by atoms with E-state index in [9.17, 15) is 4.79 Å². The van der Waals surface area contributed by atoms with Gasteiger partial charge in [0.25, 0.3) is 5.91 Å². The summed E-state index contributed by atoms with van der Waals surface area (Å²) in [5, 5.41) is 5.17. The first-order valence-corrected chi connectivity index (χ1v) is 11.9. The van der Waals surface area contributed by atoms with Gasteiger partial charge in [0.05, 0.1) is 23.4 Å². The van der Waals surface area contributed by atoms with Gasteiger partial charge in [-0.1, -0.05) is 66.7 Å². The molecule has 5 aromatic rings. The van der Waals surface area contributed by atoms with Gasteiger partial charge in [-0.3, -0.25) is 9.69 Å². The van der Waals surface area contributed by atoms with Crippen LogP contribution >= 0.6 is 11.8 Å². The highest BCUT2D eigenvalue weighted by molar-refractivity contribution is 8.18. The van der Waals surface area contributed by atoms with Gasteiger partial charge in [-0.15, -0.1) is 0 Å². The molecule has 0 unspecified atom stereocenters. The van der Waals surface area contributed by atoms with Crippen LogP contribution in [0.3, 0.4) is 0 Å². The van der Waals surface area contributed by atoms with Crippen molar-refractivity contribution in [2.24, 2.45) is 4.99 Å². The van der Waals surface area contributed by atoms with Crippen LogP contribution in [0.25, 0.3) is 27.6 Å². The molecule has 0 bridgehead atoms. The zero-order valence-electron chi connectivity index (χ0n) is 18.2. The van der Waals surface area contributed by atoms with Gasteiger partial charge in [0.2, 0.25) is 0 Å². The predicted molar refractivity (Wildman–Crippen MR) is 140 cm³/mol. The first-order chi connectivity index (χ1) is 16.8. The zero-order valence-corrected chi connectivity index (χ0v) is 19.0. The maximum Gasteiger partial charge on any atom is 0.267 e. The Kier molecular flexibility index (Phi) is 5.24. The van der Waals surface area contributed by atoms with E-state index in [0.717, 1.165) is 32.8 Å². The lowest BCUT2D eigenvalue weighted by atomic mass is 9.96. The number of carbonyl (C=O) groups excluding carboxylic acids is 1. The normalized spacial score (nSPS) is 16.4. The van der Waals surface area contributed by atoms with Gasteiger partial charge in [-0.05, 0) is 75.3 Å². The second-order valence-corrected chi connectivity index (χ2v) is 9.05. The molecule has 6 rings (SSSR count). The highest BCUT2D eigenvalue weighted by Gasteiger charge is 2.34. The molecular weight excluding hydrogens is 440 g/mol. The van der Waals surface area contributed by atoms with Crippen LogP contribution in [-0.4, -0.2) is 16.0 Å². The minimum Gasteiger partial charge on any atom is -0.467 e. The number of carbonyl (C=O) groups is 1. The summed E-state index contributed by atoms with van der Waals surface area (Å²) in [5.41, 5.74) is 1.85. The summed E-state index contributed by atoms with van der Waals surface area (Å²) in [5.74, 6) is 0.639. The number of rotatable bonds is 4. The molecule has 0 aliphatic carbocycles. The molecule has 4 nitrogen and oxygen atoms in total. The van der Waals surface area contributed by atoms with E-state index >= 15 is 0 Å². The highest BCUT2D eigenvalue weighted by atomic mass is 32.2. The van der Waals surface area contributed by atoms with Crippen molar-refractivity contribution < 1.29 is 9.21 Å². The van der Waals surface area contributed by atoms with E-state index in [-0.39, 0.29) is 5.91 Å². The molecule has 0 saturated carbocycles. The highest BCUT2D eigenvalue weighted by Crippen LogP contribution is 2.38. The van der Waals surface area contributed by atoms with E-state index in [2.05, 4.69) is 30.3 Å². The monoisotopic (exact) mass is 460 g/mol. The van der Waals surface area contributed by atoms with Crippen LogP contribution in [0.5, 0.6) is 0 Å². The van der Waals surface area contributed by atoms with Gasteiger partial charge in [-0.25, -0.2) is 4.99 Å². The second kappa shape index (κ2) is 8.69. The van der Waals surface area contributed by atoms with Crippen LogP contribution in [0.15, 0.2) is 118 Å². The summed E-state index contributed by atoms with van der Waals surface area (Å²) in [7, 11) is 0. The van der Waals surface area contributed by atoms with Gasteiger partial charge in [0.15, 0.2) is 5.17 Å². The molecule has 1 aromatic heterocycles. The average molecular weight is 461 g/mol. The van der Waals surface area contributed by atoms with Crippen molar-refractivity contribution in [1.82, 2.24) is 4.90 Å². The molecule has 5 heteroatoms. The van der Waals surface area contributed by atoms with Crippen molar-refractivity contribution in [2.45, 2.75) is 6.54 Å². The number of nitrogens with zero attached hydrogens (tertiary/aromatic N) is 2. The van der Waals surface area contributed by atoms with Gasteiger partial charge >= 0.3 is 0 Å². The number of para-hydroxylation sites is 1. The molecule has 1 saturated heterocycles. The summed E-state index contributed by atoms with van der Waals surface area (Å²) < 4.78 is 5.53. The Labute approximate surface area is 201 Å².